The zero-order valence-corrected chi connectivity index (χ0v) is 20.7. The molecule has 0 spiro atoms. The molecule has 0 amide bonds. The van der Waals surface area contributed by atoms with Crippen molar-refractivity contribution in [3.63, 3.8) is 0 Å². The van der Waals surface area contributed by atoms with Gasteiger partial charge in [-0.05, 0) is 82.3 Å². The van der Waals surface area contributed by atoms with E-state index in [-0.39, 0.29) is 11.9 Å². The van der Waals surface area contributed by atoms with Crippen molar-refractivity contribution in [1.82, 2.24) is 0 Å². The lowest BCUT2D eigenvalue weighted by Gasteiger charge is -2.38. The minimum atomic E-state index is -0.595. The van der Waals surface area contributed by atoms with Gasteiger partial charge >= 0.3 is 0 Å². The molecule has 0 aromatic heterocycles. The predicted molar refractivity (Wildman–Crippen MR) is 145 cm³/mol. The molecule has 0 radical (unpaired) electrons. The standard InChI is InChI=1S/C25H34N10/c1-24(2)32-20(26)30-22(28)34(24)18-12-8-16(9-13-18)6-5-7-17-10-14-19(15-11-17)35-23(29)31-21(27)33-25(35,3)4/h8-15H,5-7H2,1-4H3,(H4,26,28,30,32)(H4,27,29,31,33). The van der Waals surface area contributed by atoms with Gasteiger partial charge in [0.1, 0.15) is 11.3 Å². The van der Waals surface area contributed by atoms with Gasteiger partial charge in [-0.25, -0.2) is 9.98 Å². The molecule has 184 valence electrons. The van der Waals surface area contributed by atoms with Crippen molar-refractivity contribution in [2.45, 2.75) is 58.3 Å². The predicted octanol–water partition coefficient (Wildman–Crippen LogP) is 2.23. The highest BCUT2D eigenvalue weighted by Gasteiger charge is 2.33. The molecule has 4 rings (SSSR count). The molecular weight excluding hydrogens is 440 g/mol. The van der Waals surface area contributed by atoms with Gasteiger partial charge in [-0.15, -0.1) is 0 Å². The molecule has 0 unspecified atom stereocenters. The third kappa shape index (κ3) is 5.06. The van der Waals surface area contributed by atoms with Crippen LogP contribution in [0.25, 0.3) is 0 Å². The maximum atomic E-state index is 6.13. The summed E-state index contributed by atoms with van der Waals surface area (Å²) in [5, 5.41) is 0. The van der Waals surface area contributed by atoms with Crippen molar-refractivity contribution in [2.75, 3.05) is 9.80 Å². The molecule has 2 aromatic carbocycles. The summed E-state index contributed by atoms with van der Waals surface area (Å²) in [4.78, 5) is 20.8. The number of nitrogens with two attached hydrogens (primary N) is 4. The first-order valence-electron chi connectivity index (χ1n) is 11.6. The van der Waals surface area contributed by atoms with Crippen LogP contribution in [0.1, 0.15) is 45.2 Å². The molecule has 0 saturated heterocycles. The number of hydrogen-bond donors (Lipinski definition) is 4. The van der Waals surface area contributed by atoms with Crippen LogP contribution in [0.2, 0.25) is 0 Å². The van der Waals surface area contributed by atoms with Crippen LogP contribution in [0, 0.1) is 0 Å². The van der Waals surface area contributed by atoms with Crippen LogP contribution >= 0.6 is 0 Å². The monoisotopic (exact) mass is 474 g/mol. The SMILES string of the molecule is CC1(C)N=C(N)N=C(N)N1c1ccc(CCCc2ccc(N3C(N)=NC(N)=NC3(C)C)cc2)cc1. The van der Waals surface area contributed by atoms with Crippen molar-refractivity contribution >= 4 is 35.2 Å². The number of guanidine groups is 4. The van der Waals surface area contributed by atoms with E-state index in [0.717, 1.165) is 30.6 Å². The highest BCUT2D eigenvalue weighted by molar-refractivity contribution is 6.06. The van der Waals surface area contributed by atoms with Gasteiger partial charge in [-0.3, -0.25) is 9.80 Å². The molecule has 0 aliphatic carbocycles. The number of rotatable bonds is 6. The number of nitrogens with zero attached hydrogens (tertiary/aromatic N) is 6. The second-order valence-corrected chi connectivity index (χ2v) is 9.73. The molecule has 10 nitrogen and oxygen atoms in total. The molecule has 0 saturated carbocycles. The van der Waals surface area contributed by atoms with Gasteiger partial charge in [0.05, 0.1) is 0 Å². The fraction of sp³-hybridized carbons (Fsp3) is 0.360. The maximum Gasteiger partial charge on any atom is 0.220 e. The zero-order valence-electron chi connectivity index (χ0n) is 20.7. The summed E-state index contributed by atoms with van der Waals surface area (Å²) in [5.74, 6) is 1.08. The number of anilines is 2. The molecule has 2 aliphatic rings. The average Bonchev–Trinajstić information content (AvgIpc) is 2.73. The van der Waals surface area contributed by atoms with Gasteiger partial charge in [0.15, 0.2) is 0 Å². The van der Waals surface area contributed by atoms with E-state index >= 15 is 0 Å². The van der Waals surface area contributed by atoms with E-state index in [1.165, 1.54) is 11.1 Å². The van der Waals surface area contributed by atoms with Gasteiger partial charge in [-0.2, -0.15) is 9.98 Å². The lowest BCUT2D eigenvalue weighted by atomic mass is 10.0. The van der Waals surface area contributed by atoms with Crippen molar-refractivity contribution in [3.8, 4) is 0 Å². The summed E-state index contributed by atoms with van der Waals surface area (Å²) in [7, 11) is 0. The Labute approximate surface area is 206 Å². The Kier molecular flexibility index (Phi) is 6.14. The number of aliphatic imine (C=N–C) groups is 4. The Hall–Kier alpha value is -4.08. The van der Waals surface area contributed by atoms with Gasteiger partial charge in [0, 0.05) is 11.4 Å². The zero-order chi connectivity index (χ0) is 25.4. The Morgan fingerprint density at radius 3 is 1.26 bits per heavy atom. The largest absolute Gasteiger partial charge is 0.369 e. The van der Waals surface area contributed by atoms with E-state index in [2.05, 4.69) is 44.2 Å². The Morgan fingerprint density at radius 1 is 0.600 bits per heavy atom. The molecule has 8 N–H and O–H groups in total. The smallest absolute Gasteiger partial charge is 0.220 e. The van der Waals surface area contributed by atoms with E-state index < -0.39 is 11.3 Å². The van der Waals surface area contributed by atoms with Crippen LogP contribution < -0.4 is 32.7 Å². The first-order chi connectivity index (χ1) is 16.5. The van der Waals surface area contributed by atoms with Crippen LogP contribution in [0.15, 0.2) is 68.5 Å². The van der Waals surface area contributed by atoms with Gasteiger partial charge in [-0.1, -0.05) is 24.3 Å². The van der Waals surface area contributed by atoms with Crippen molar-refractivity contribution < 1.29 is 0 Å². The third-order valence-corrected chi connectivity index (χ3v) is 6.11. The van der Waals surface area contributed by atoms with E-state index in [0.29, 0.717) is 11.9 Å². The van der Waals surface area contributed by atoms with Crippen molar-refractivity contribution in [1.29, 1.82) is 0 Å². The molecule has 2 aromatic rings. The Morgan fingerprint density at radius 2 is 0.943 bits per heavy atom. The van der Waals surface area contributed by atoms with E-state index in [1.807, 2.05) is 61.8 Å². The minimum Gasteiger partial charge on any atom is -0.369 e. The average molecular weight is 475 g/mol. The van der Waals surface area contributed by atoms with E-state index in [4.69, 9.17) is 22.9 Å². The van der Waals surface area contributed by atoms with Gasteiger partial charge < -0.3 is 22.9 Å². The minimum absolute atomic E-state index is 0.197. The van der Waals surface area contributed by atoms with Gasteiger partial charge in [0.25, 0.3) is 0 Å². The van der Waals surface area contributed by atoms with Crippen LogP contribution in [-0.2, 0) is 12.8 Å². The van der Waals surface area contributed by atoms with Crippen LogP contribution in [-0.4, -0.2) is 35.2 Å². The normalized spacial score (nSPS) is 19.0. The number of hydrogen-bond acceptors (Lipinski definition) is 10. The molecular formula is C25H34N10. The molecule has 0 atom stereocenters. The summed E-state index contributed by atoms with van der Waals surface area (Å²) in [6.45, 7) is 7.82. The van der Waals surface area contributed by atoms with Gasteiger partial charge in [0.2, 0.25) is 23.8 Å². The quantitative estimate of drug-likeness (QED) is 0.502. The summed E-state index contributed by atoms with van der Waals surface area (Å²) < 4.78 is 0. The molecule has 2 aliphatic heterocycles. The first-order valence-corrected chi connectivity index (χ1v) is 11.6. The lowest BCUT2D eigenvalue weighted by molar-refractivity contribution is 0.533. The summed E-state index contributed by atoms with van der Waals surface area (Å²) in [5.41, 5.74) is 27.0. The fourth-order valence-corrected chi connectivity index (χ4v) is 4.62. The highest BCUT2D eigenvalue weighted by atomic mass is 15.4. The lowest BCUT2D eigenvalue weighted by Crippen LogP contribution is -2.54. The molecule has 2 heterocycles. The summed E-state index contributed by atoms with van der Waals surface area (Å²) >= 11 is 0. The summed E-state index contributed by atoms with van der Waals surface area (Å²) in [6.07, 6.45) is 2.96. The topological polar surface area (TPSA) is 160 Å². The first kappa shape index (κ1) is 24.1. The summed E-state index contributed by atoms with van der Waals surface area (Å²) in [6, 6.07) is 16.7. The van der Waals surface area contributed by atoms with Crippen LogP contribution in [0.5, 0.6) is 0 Å². The molecule has 0 fully saturated rings. The Bertz CT molecular complexity index is 1110. The second kappa shape index (κ2) is 8.94. The maximum absolute atomic E-state index is 6.13. The van der Waals surface area contributed by atoms with Crippen molar-refractivity contribution in [2.24, 2.45) is 42.9 Å². The van der Waals surface area contributed by atoms with Crippen LogP contribution in [0.4, 0.5) is 11.4 Å². The second-order valence-electron chi connectivity index (χ2n) is 9.73. The fourth-order valence-electron chi connectivity index (χ4n) is 4.62. The van der Waals surface area contributed by atoms with Crippen molar-refractivity contribution in [3.05, 3.63) is 59.7 Å². The molecule has 35 heavy (non-hydrogen) atoms. The molecule has 10 heteroatoms. The van der Waals surface area contributed by atoms with Crippen LogP contribution in [0.3, 0.4) is 0 Å². The molecule has 0 bridgehead atoms. The third-order valence-electron chi connectivity index (χ3n) is 6.11. The van der Waals surface area contributed by atoms with E-state index in [9.17, 15) is 0 Å². The van der Waals surface area contributed by atoms with E-state index in [1.54, 1.807) is 0 Å². The highest BCUT2D eigenvalue weighted by Crippen LogP contribution is 2.29. The number of aryl methyl sites for hydroxylation is 2. The Balaban J connectivity index is 1.35. The number of benzene rings is 2.